The lowest BCUT2D eigenvalue weighted by Gasteiger charge is -2.29. The first kappa shape index (κ1) is 17.5. The number of aromatic nitrogens is 2. The molecule has 0 radical (unpaired) electrons. The highest BCUT2D eigenvalue weighted by Crippen LogP contribution is 2.35. The molecule has 0 spiro atoms. The van der Waals surface area contributed by atoms with Gasteiger partial charge in [-0.3, -0.25) is 0 Å². The highest BCUT2D eigenvalue weighted by atomic mass is 19.4. The Hall–Kier alpha value is -2.35. The molecule has 8 heteroatoms. The van der Waals surface area contributed by atoms with Crippen LogP contribution in [0.5, 0.6) is 0 Å². The number of hydrogen-bond acceptors (Lipinski definition) is 5. The molecule has 134 valence electrons. The van der Waals surface area contributed by atoms with Crippen molar-refractivity contribution in [1.29, 1.82) is 0 Å². The fourth-order valence-electron chi connectivity index (χ4n) is 2.74. The fraction of sp³-hybridized carbons (Fsp3) is 0.412. The number of nitrogens with one attached hydrogen (secondary N) is 1. The molecule has 5 nitrogen and oxygen atoms in total. The van der Waals surface area contributed by atoms with E-state index in [4.69, 9.17) is 4.74 Å². The number of aryl methyl sites for hydroxylation is 1. The highest BCUT2D eigenvalue weighted by molar-refractivity contribution is 5.53. The largest absolute Gasteiger partial charge is 0.416 e. The topological polar surface area (TPSA) is 50.3 Å². The minimum Gasteiger partial charge on any atom is -0.378 e. The van der Waals surface area contributed by atoms with Crippen molar-refractivity contribution in [1.82, 2.24) is 9.97 Å². The molecule has 2 heterocycles. The summed E-state index contributed by atoms with van der Waals surface area (Å²) in [6, 6.07) is 6.15. The number of halogens is 3. The fourth-order valence-corrected chi connectivity index (χ4v) is 2.74. The predicted octanol–water partition coefficient (Wildman–Crippen LogP) is 3.25. The van der Waals surface area contributed by atoms with E-state index in [1.807, 2.05) is 4.90 Å². The Bertz CT molecular complexity index is 730. The molecule has 1 aromatic heterocycles. The van der Waals surface area contributed by atoms with Crippen LogP contribution >= 0.6 is 0 Å². The average molecular weight is 352 g/mol. The molecule has 0 atom stereocenters. The molecule has 0 unspecified atom stereocenters. The SMILES string of the molecule is Cc1cc(NCc2ccc(N3CCOCC3)cc2C(F)(F)F)ncn1. The predicted molar refractivity (Wildman–Crippen MR) is 88.6 cm³/mol. The number of benzene rings is 1. The van der Waals surface area contributed by atoms with Crippen LogP contribution in [0.3, 0.4) is 0 Å². The zero-order chi connectivity index (χ0) is 17.9. The van der Waals surface area contributed by atoms with Crippen molar-refractivity contribution in [3.63, 3.8) is 0 Å². The van der Waals surface area contributed by atoms with E-state index in [-0.39, 0.29) is 12.1 Å². The first-order chi connectivity index (χ1) is 11.9. The van der Waals surface area contributed by atoms with Gasteiger partial charge in [0, 0.05) is 37.1 Å². The van der Waals surface area contributed by atoms with Gasteiger partial charge in [-0.25, -0.2) is 9.97 Å². The van der Waals surface area contributed by atoms with E-state index in [0.717, 1.165) is 5.69 Å². The van der Waals surface area contributed by atoms with Gasteiger partial charge >= 0.3 is 6.18 Å². The Balaban J connectivity index is 1.82. The van der Waals surface area contributed by atoms with E-state index in [0.29, 0.717) is 37.8 Å². The summed E-state index contributed by atoms with van der Waals surface area (Å²) in [6.45, 7) is 4.07. The van der Waals surface area contributed by atoms with Crippen molar-refractivity contribution in [2.75, 3.05) is 36.5 Å². The third-order valence-electron chi connectivity index (χ3n) is 4.04. The minimum absolute atomic E-state index is 0.0364. The Morgan fingerprint density at radius 1 is 1.16 bits per heavy atom. The molecule has 1 aromatic carbocycles. The first-order valence-electron chi connectivity index (χ1n) is 7.99. The molecule has 0 bridgehead atoms. The van der Waals surface area contributed by atoms with E-state index in [9.17, 15) is 13.2 Å². The van der Waals surface area contributed by atoms with Gasteiger partial charge in [-0.1, -0.05) is 6.07 Å². The van der Waals surface area contributed by atoms with E-state index in [1.165, 1.54) is 18.5 Å². The Kier molecular flexibility index (Phi) is 5.08. The Morgan fingerprint density at radius 3 is 2.60 bits per heavy atom. The van der Waals surface area contributed by atoms with E-state index in [1.54, 1.807) is 19.1 Å². The standard InChI is InChI=1S/C17H19F3N4O/c1-12-8-16(23-11-22-12)21-10-13-2-3-14(9-15(13)17(18,19)20)24-4-6-25-7-5-24/h2-3,8-9,11H,4-7,10H2,1H3,(H,21,22,23). The van der Waals surface area contributed by atoms with Gasteiger partial charge in [0.15, 0.2) is 0 Å². The van der Waals surface area contributed by atoms with Crippen molar-refractivity contribution in [2.45, 2.75) is 19.6 Å². The molecular formula is C17H19F3N4O. The van der Waals surface area contributed by atoms with Gasteiger partial charge in [0.05, 0.1) is 18.8 Å². The molecule has 2 aromatic rings. The van der Waals surface area contributed by atoms with Gasteiger partial charge in [0.25, 0.3) is 0 Å². The van der Waals surface area contributed by atoms with Crippen LogP contribution in [0.25, 0.3) is 0 Å². The van der Waals surface area contributed by atoms with Crippen LogP contribution in [-0.2, 0) is 17.5 Å². The molecule has 0 saturated carbocycles. The maximum atomic E-state index is 13.5. The number of morpholine rings is 1. The van der Waals surface area contributed by atoms with Crippen molar-refractivity contribution in [3.8, 4) is 0 Å². The van der Waals surface area contributed by atoms with Crippen LogP contribution < -0.4 is 10.2 Å². The lowest BCUT2D eigenvalue weighted by molar-refractivity contribution is -0.138. The van der Waals surface area contributed by atoms with Crippen molar-refractivity contribution >= 4 is 11.5 Å². The van der Waals surface area contributed by atoms with Crippen LogP contribution in [-0.4, -0.2) is 36.3 Å². The molecule has 3 rings (SSSR count). The second-order valence-electron chi connectivity index (χ2n) is 5.84. The summed E-state index contributed by atoms with van der Waals surface area (Å²) in [4.78, 5) is 9.89. The van der Waals surface area contributed by atoms with Crippen molar-refractivity contribution in [3.05, 3.63) is 47.4 Å². The average Bonchev–Trinajstić information content (AvgIpc) is 2.60. The summed E-state index contributed by atoms with van der Waals surface area (Å²) in [5, 5.41) is 2.93. The minimum atomic E-state index is -4.42. The normalized spacial score (nSPS) is 15.3. The monoisotopic (exact) mass is 352 g/mol. The second kappa shape index (κ2) is 7.26. The number of anilines is 2. The lowest BCUT2D eigenvalue weighted by atomic mass is 10.0. The second-order valence-corrected chi connectivity index (χ2v) is 5.84. The van der Waals surface area contributed by atoms with Crippen LogP contribution in [0, 0.1) is 6.92 Å². The maximum absolute atomic E-state index is 13.5. The number of hydrogen-bond donors (Lipinski definition) is 1. The van der Waals surface area contributed by atoms with Crippen LogP contribution in [0.1, 0.15) is 16.8 Å². The van der Waals surface area contributed by atoms with E-state index >= 15 is 0 Å². The highest BCUT2D eigenvalue weighted by Gasteiger charge is 2.34. The van der Waals surface area contributed by atoms with Gasteiger partial charge in [0.1, 0.15) is 12.1 Å². The zero-order valence-corrected chi connectivity index (χ0v) is 13.8. The molecule has 1 saturated heterocycles. The lowest BCUT2D eigenvalue weighted by Crippen LogP contribution is -2.36. The van der Waals surface area contributed by atoms with Crippen LogP contribution in [0.4, 0.5) is 24.7 Å². The van der Waals surface area contributed by atoms with Crippen molar-refractivity contribution < 1.29 is 17.9 Å². The first-order valence-corrected chi connectivity index (χ1v) is 7.99. The number of ether oxygens (including phenoxy) is 1. The maximum Gasteiger partial charge on any atom is 0.416 e. The summed E-state index contributed by atoms with van der Waals surface area (Å²) < 4.78 is 45.7. The van der Waals surface area contributed by atoms with E-state index in [2.05, 4.69) is 15.3 Å². The summed E-state index contributed by atoms with van der Waals surface area (Å²) in [5.41, 5.74) is 0.865. The Morgan fingerprint density at radius 2 is 1.92 bits per heavy atom. The van der Waals surface area contributed by atoms with Gasteiger partial charge < -0.3 is 15.0 Å². The smallest absolute Gasteiger partial charge is 0.378 e. The molecule has 1 aliphatic heterocycles. The van der Waals surface area contributed by atoms with Gasteiger partial charge in [-0.05, 0) is 24.6 Å². The molecule has 0 amide bonds. The molecule has 1 N–H and O–H groups in total. The molecule has 25 heavy (non-hydrogen) atoms. The summed E-state index contributed by atoms with van der Waals surface area (Å²) >= 11 is 0. The Labute approximate surface area is 143 Å². The van der Waals surface area contributed by atoms with Crippen LogP contribution in [0.2, 0.25) is 0 Å². The van der Waals surface area contributed by atoms with Gasteiger partial charge in [-0.15, -0.1) is 0 Å². The molecule has 0 aliphatic carbocycles. The van der Waals surface area contributed by atoms with Crippen molar-refractivity contribution in [2.24, 2.45) is 0 Å². The summed E-state index contributed by atoms with van der Waals surface area (Å²) in [5.74, 6) is 0.498. The summed E-state index contributed by atoms with van der Waals surface area (Å²) in [7, 11) is 0. The van der Waals surface area contributed by atoms with Gasteiger partial charge in [-0.2, -0.15) is 13.2 Å². The third-order valence-corrected chi connectivity index (χ3v) is 4.04. The molecule has 1 fully saturated rings. The van der Waals surface area contributed by atoms with Crippen LogP contribution in [0.15, 0.2) is 30.6 Å². The summed E-state index contributed by atoms with van der Waals surface area (Å²) in [6.07, 6.45) is -3.04. The number of rotatable bonds is 4. The number of nitrogens with zero attached hydrogens (tertiary/aromatic N) is 3. The zero-order valence-electron chi connectivity index (χ0n) is 13.8. The van der Waals surface area contributed by atoms with Gasteiger partial charge in [0.2, 0.25) is 0 Å². The third kappa shape index (κ3) is 4.39. The van der Waals surface area contributed by atoms with E-state index < -0.39 is 11.7 Å². The molecular weight excluding hydrogens is 333 g/mol. The quantitative estimate of drug-likeness (QED) is 0.915. The molecule has 1 aliphatic rings. The number of alkyl halides is 3.